The Morgan fingerprint density at radius 1 is 1.39 bits per heavy atom. The quantitative estimate of drug-likeness (QED) is 0.829. The fourth-order valence-corrected chi connectivity index (χ4v) is 3.76. The predicted molar refractivity (Wildman–Crippen MR) is 99.0 cm³/mol. The minimum absolute atomic E-state index is 0. The Kier molecular flexibility index (Phi) is 7.56. The molecule has 2 unspecified atom stereocenters. The Hall–Kier alpha value is -1.06. The summed E-state index contributed by atoms with van der Waals surface area (Å²) < 4.78 is 0. The molecule has 0 bridgehead atoms. The van der Waals surface area contributed by atoms with Crippen molar-refractivity contribution < 1.29 is 4.79 Å². The second kappa shape index (κ2) is 8.70. The Morgan fingerprint density at radius 3 is 2.74 bits per heavy atom. The van der Waals surface area contributed by atoms with Gasteiger partial charge in [0.2, 0.25) is 5.91 Å². The molecule has 3 nitrogen and oxygen atoms in total. The van der Waals surface area contributed by atoms with Gasteiger partial charge >= 0.3 is 0 Å². The average Bonchev–Trinajstić information content (AvgIpc) is 2.46. The lowest BCUT2D eigenvalue weighted by Gasteiger charge is -2.32. The number of amides is 1. The minimum Gasteiger partial charge on any atom is -0.350 e. The number of rotatable bonds is 6. The summed E-state index contributed by atoms with van der Waals surface area (Å²) in [6.45, 7) is 6.87. The van der Waals surface area contributed by atoms with Gasteiger partial charge in [0.15, 0.2) is 0 Å². The maximum absolute atomic E-state index is 12.5. The van der Waals surface area contributed by atoms with Crippen molar-refractivity contribution in [3.05, 3.63) is 35.4 Å². The molecule has 0 saturated heterocycles. The highest BCUT2D eigenvalue weighted by Crippen LogP contribution is 2.33. The molecule has 1 amide bonds. The molecule has 1 aliphatic rings. The fraction of sp³-hybridized carbons (Fsp3) is 0.632. The molecular formula is C19H31ClN2O. The maximum Gasteiger partial charge on any atom is 0.221 e. The number of nitrogens with two attached hydrogens (primary N) is 1. The molecule has 1 aliphatic carbocycles. The van der Waals surface area contributed by atoms with E-state index in [1.807, 2.05) is 0 Å². The van der Waals surface area contributed by atoms with Crippen LogP contribution in [-0.2, 0) is 11.2 Å². The molecule has 3 N–H and O–H groups in total. The standard InChI is InChI=1S/C19H30N2O.ClH/c1-14(2)12-19(3,13-20)21-18(22)11-16-9-6-8-15-7-4-5-10-17(15)16;/h4-5,7,10,14,16H,6,8-9,11-13,20H2,1-3H3,(H,21,22);1H. The molecule has 1 aromatic carbocycles. The largest absolute Gasteiger partial charge is 0.350 e. The van der Waals surface area contributed by atoms with Crippen LogP contribution in [0.15, 0.2) is 24.3 Å². The van der Waals surface area contributed by atoms with Gasteiger partial charge in [-0.05, 0) is 55.6 Å². The Labute approximate surface area is 146 Å². The van der Waals surface area contributed by atoms with Gasteiger partial charge in [0.25, 0.3) is 0 Å². The molecule has 0 spiro atoms. The van der Waals surface area contributed by atoms with E-state index in [0.717, 1.165) is 19.3 Å². The molecule has 4 heteroatoms. The van der Waals surface area contributed by atoms with Crippen LogP contribution < -0.4 is 11.1 Å². The first-order chi connectivity index (χ1) is 10.4. The molecule has 2 atom stereocenters. The van der Waals surface area contributed by atoms with E-state index in [4.69, 9.17) is 5.73 Å². The lowest BCUT2D eigenvalue weighted by Crippen LogP contribution is -2.52. The third kappa shape index (κ3) is 5.50. The van der Waals surface area contributed by atoms with Gasteiger partial charge in [0, 0.05) is 18.5 Å². The number of fused-ring (bicyclic) bond motifs is 1. The van der Waals surface area contributed by atoms with Gasteiger partial charge in [-0.15, -0.1) is 12.4 Å². The van der Waals surface area contributed by atoms with Crippen molar-refractivity contribution >= 4 is 18.3 Å². The second-order valence-corrected chi connectivity index (χ2v) is 7.40. The molecular weight excluding hydrogens is 308 g/mol. The molecule has 0 saturated carbocycles. The number of benzene rings is 1. The van der Waals surface area contributed by atoms with Crippen LogP contribution in [0.2, 0.25) is 0 Å². The highest BCUT2D eigenvalue weighted by atomic mass is 35.5. The number of hydrogen-bond donors (Lipinski definition) is 2. The van der Waals surface area contributed by atoms with Crippen LogP contribution in [0.1, 0.15) is 63.5 Å². The molecule has 0 aromatic heterocycles. The number of aryl methyl sites for hydroxylation is 1. The summed E-state index contributed by atoms with van der Waals surface area (Å²) in [5, 5.41) is 3.19. The minimum atomic E-state index is -0.292. The van der Waals surface area contributed by atoms with Crippen molar-refractivity contribution in [2.75, 3.05) is 6.54 Å². The smallest absolute Gasteiger partial charge is 0.221 e. The number of carbonyl (C=O) groups is 1. The second-order valence-electron chi connectivity index (χ2n) is 7.40. The average molecular weight is 339 g/mol. The summed E-state index contributed by atoms with van der Waals surface area (Å²) in [7, 11) is 0. The van der Waals surface area contributed by atoms with E-state index in [0.29, 0.717) is 24.8 Å². The van der Waals surface area contributed by atoms with E-state index < -0.39 is 0 Å². The predicted octanol–water partition coefficient (Wildman–Crippen LogP) is 3.80. The molecule has 130 valence electrons. The van der Waals surface area contributed by atoms with E-state index in [-0.39, 0.29) is 23.9 Å². The van der Waals surface area contributed by atoms with E-state index in [9.17, 15) is 4.79 Å². The monoisotopic (exact) mass is 338 g/mol. The number of hydrogen-bond acceptors (Lipinski definition) is 2. The zero-order chi connectivity index (χ0) is 16.2. The van der Waals surface area contributed by atoms with Crippen molar-refractivity contribution in [1.29, 1.82) is 0 Å². The molecule has 2 rings (SSSR count). The molecule has 1 aromatic rings. The molecule has 0 heterocycles. The first-order valence-corrected chi connectivity index (χ1v) is 8.52. The van der Waals surface area contributed by atoms with Gasteiger partial charge in [0.1, 0.15) is 0 Å². The van der Waals surface area contributed by atoms with Gasteiger partial charge in [-0.3, -0.25) is 4.79 Å². The van der Waals surface area contributed by atoms with Crippen molar-refractivity contribution in [2.24, 2.45) is 11.7 Å². The fourth-order valence-electron chi connectivity index (χ4n) is 3.76. The zero-order valence-electron chi connectivity index (χ0n) is 14.6. The van der Waals surface area contributed by atoms with Gasteiger partial charge in [-0.2, -0.15) is 0 Å². The van der Waals surface area contributed by atoms with Crippen molar-refractivity contribution in [3.8, 4) is 0 Å². The van der Waals surface area contributed by atoms with E-state index in [2.05, 4.69) is 50.4 Å². The number of nitrogens with one attached hydrogen (secondary N) is 1. The Bertz CT molecular complexity index is 518. The van der Waals surface area contributed by atoms with E-state index in [1.54, 1.807) is 0 Å². The normalized spacial score (nSPS) is 19.4. The maximum atomic E-state index is 12.5. The molecule has 0 fully saturated rings. The lowest BCUT2D eigenvalue weighted by molar-refractivity contribution is -0.123. The van der Waals surface area contributed by atoms with Crippen LogP contribution >= 0.6 is 12.4 Å². The summed E-state index contributed by atoms with van der Waals surface area (Å²) >= 11 is 0. The summed E-state index contributed by atoms with van der Waals surface area (Å²) in [6, 6.07) is 8.55. The summed E-state index contributed by atoms with van der Waals surface area (Å²) in [5.41, 5.74) is 8.38. The van der Waals surface area contributed by atoms with Crippen LogP contribution in [-0.4, -0.2) is 18.0 Å². The van der Waals surface area contributed by atoms with Crippen molar-refractivity contribution in [2.45, 2.75) is 64.3 Å². The van der Waals surface area contributed by atoms with Crippen LogP contribution in [0.4, 0.5) is 0 Å². The van der Waals surface area contributed by atoms with Crippen LogP contribution in [0.5, 0.6) is 0 Å². The third-order valence-corrected chi connectivity index (χ3v) is 4.68. The van der Waals surface area contributed by atoms with E-state index in [1.165, 1.54) is 17.5 Å². The van der Waals surface area contributed by atoms with Crippen LogP contribution in [0.25, 0.3) is 0 Å². The summed E-state index contributed by atoms with van der Waals surface area (Å²) in [4.78, 5) is 12.5. The topological polar surface area (TPSA) is 55.1 Å². The van der Waals surface area contributed by atoms with Gasteiger partial charge in [-0.25, -0.2) is 0 Å². The Balaban J connectivity index is 0.00000264. The van der Waals surface area contributed by atoms with Crippen LogP contribution in [0, 0.1) is 5.92 Å². The molecule has 0 aliphatic heterocycles. The number of halogens is 1. The highest BCUT2D eigenvalue weighted by Gasteiger charge is 2.28. The van der Waals surface area contributed by atoms with Crippen LogP contribution in [0.3, 0.4) is 0 Å². The first kappa shape index (κ1) is 20.0. The summed E-state index contributed by atoms with van der Waals surface area (Å²) in [6.07, 6.45) is 4.91. The zero-order valence-corrected chi connectivity index (χ0v) is 15.4. The highest BCUT2D eigenvalue weighted by molar-refractivity contribution is 5.85. The lowest BCUT2D eigenvalue weighted by atomic mass is 9.80. The Morgan fingerprint density at radius 2 is 2.09 bits per heavy atom. The van der Waals surface area contributed by atoms with Gasteiger partial charge in [0.05, 0.1) is 0 Å². The van der Waals surface area contributed by atoms with Crippen molar-refractivity contribution in [1.82, 2.24) is 5.32 Å². The van der Waals surface area contributed by atoms with Gasteiger partial charge < -0.3 is 11.1 Å². The van der Waals surface area contributed by atoms with Crippen molar-refractivity contribution in [3.63, 3.8) is 0 Å². The third-order valence-electron chi connectivity index (χ3n) is 4.68. The summed E-state index contributed by atoms with van der Waals surface area (Å²) in [5.74, 6) is 1.01. The molecule has 0 radical (unpaired) electrons. The first-order valence-electron chi connectivity index (χ1n) is 8.52. The SMILES string of the molecule is CC(C)CC(C)(CN)NC(=O)CC1CCCc2ccccc21.Cl. The number of carbonyl (C=O) groups excluding carboxylic acids is 1. The van der Waals surface area contributed by atoms with Gasteiger partial charge in [-0.1, -0.05) is 38.1 Å². The van der Waals surface area contributed by atoms with E-state index >= 15 is 0 Å². The molecule has 23 heavy (non-hydrogen) atoms.